The Balaban J connectivity index is 2.17. The van der Waals surface area contributed by atoms with Crippen molar-refractivity contribution in [3.8, 4) is 0 Å². The van der Waals surface area contributed by atoms with Gasteiger partial charge in [-0.1, -0.05) is 19.4 Å². The Kier molecular flexibility index (Phi) is 4.45. The van der Waals surface area contributed by atoms with E-state index >= 15 is 0 Å². The van der Waals surface area contributed by atoms with Gasteiger partial charge >= 0.3 is 0 Å². The third kappa shape index (κ3) is 3.37. The lowest BCUT2D eigenvalue weighted by atomic mass is 9.85. The Morgan fingerprint density at radius 2 is 2.10 bits per heavy atom. The van der Waals surface area contributed by atoms with Crippen LogP contribution in [0, 0.1) is 5.92 Å². The Bertz CT molecular complexity index is 607. The molecular weight excluding hydrogens is 276 g/mol. The van der Waals surface area contributed by atoms with Gasteiger partial charge < -0.3 is 5.32 Å². The predicted octanol–water partition coefficient (Wildman–Crippen LogP) is 1.43. The van der Waals surface area contributed by atoms with E-state index in [9.17, 15) is 13.2 Å². The normalized spacial score (nSPS) is 15.7. The van der Waals surface area contributed by atoms with Gasteiger partial charge in [0.25, 0.3) is 5.91 Å². The van der Waals surface area contributed by atoms with Gasteiger partial charge in [-0.3, -0.25) is 4.79 Å². The smallest absolute Gasteiger partial charge is 0.251 e. The van der Waals surface area contributed by atoms with Crippen molar-refractivity contribution in [3.63, 3.8) is 0 Å². The van der Waals surface area contributed by atoms with Gasteiger partial charge in [0.05, 0.1) is 4.90 Å². The zero-order chi connectivity index (χ0) is 14.8. The highest BCUT2D eigenvalue weighted by Gasteiger charge is 2.20. The van der Waals surface area contributed by atoms with Crippen molar-refractivity contribution < 1.29 is 13.2 Å². The fourth-order valence-corrected chi connectivity index (χ4v) is 3.16. The Hall–Kier alpha value is -1.40. The number of carbonyl (C=O) groups excluding carboxylic acids is 1. The number of rotatable bonds is 5. The number of aryl methyl sites for hydroxylation is 1. The molecule has 0 spiro atoms. The second kappa shape index (κ2) is 5.93. The SMILES string of the molecule is CCc1ccc(C(=O)NCC2CCC2)cc1S(N)(=O)=O. The lowest BCUT2D eigenvalue weighted by Crippen LogP contribution is -2.32. The summed E-state index contributed by atoms with van der Waals surface area (Å²) in [6.07, 6.45) is 4.08. The van der Waals surface area contributed by atoms with Crippen molar-refractivity contribution in [2.45, 2.75) is 37.5 Å². The number of sulfonamides is 1. The fourth-order valence-electron chi connectivity index (χ4n) is 2.29. The number of benzene rings is 1. The van der Waals surface area contributed by atoms with Gasteiger partial charge in [0, 0.05) is 12.1 Å². The van der Waals surface area contributed by atoms with Crippen LogP contribution >= 0.6 is 0 Å². The Labute approximate surface area is 119 Å². The van der Waals surface area contributed by atoms with Crippen molar-refractivity contribution in [2.24, 2.45) is 11.1 Å². The molecule has 1 aromatic carbocycles. The average Bonchev–Trinajstić information content (AvgIpc) is 2.35. The largest absolute Gasteiger partial charge is 0.352 e. The molecule has 2 rings (SSSR count). The molecule has 20 heavy (non-hydrogen) atoms. The average molecular weight is 296 g/mol. The number of hydrogen-bond acceptors (Lipinski definition) is 3. The second-order valence-corrected chi connectivity index (χ2v) is 6.76. The van der Waals surface area contributed by atoms with Crippen LogP contribution in [0.25, 0.3) is 0 Å². The lowest BCUT2D eigenvalue weighted by molar-refractivity contribution is 0.0939. The summed E-state index contributed by atoms with van der Waals surface area (Å²) in [5.74, 6) is 0.316. The summed E-state index contributed by atoms with van der Waals surface area (Å²) < 4.78 is 23.1. The predicted molar refractivity (Wildman–Crippen MR) is 76.9 cm³/mol. The number of carbonyl (C=O) groups is 1. The van der Waals surface area contributed by atoms with Crippen LogP contribution < -0.4 is 10.5 Å². The fraction of sp³-hybridized carbons (Fsp3) is 0.500. The first-order valence-corrected chi connectivity index (χ1v) is 8.40. The first-order chi connectivity index (χ1) is 9.41. The molecule has 110 valence electrons. The zero-order valence-electron chi connectivity index (χ0n) is 11.6. The van der Waals surface area contributed by atoms with Gasteiger partial charge in [-0.15, -0.1) is 0 Å². The van der Waals surface area contributed by atoms with Gasteiger partial charge in [0.2, 0.25) is 10.0 Å². The molecule has 0 bridgehead atoms. The number of hydrogen-bond donors (Lipinski definition) is 2. The summed E-state index contributed by atoms with van der Waals surface area (Å²) in [7, 11) is -3.81. The van der Waals surface area contributed by atoms with Gasteiger partial charge in [0.15, 0.2) is 0 Å². The van der Waals surface area contributed by atoms with Crippen LogP contribution in [0.1, 0.15) is 42.1 Å². The Morgan fingerprint density at radius 1 is 1.40 bits per heavy atom. The van der Waals surface area contributed by atoms with Gasteiger partial charge in [-0.25, -0.2) is 13.6 Å². The van der Waals surface area contributed by atoms with E-state index < -0.39 is 10.0 Å². The van der Waals surface area contributed by atoms with Crippen LogP contribution in [0.3, 0.4) is 0 Å². The van der Waals surface area contributed by atoms with E-state index in [0.717, 1.165) is 12.8 Å². The molecule has 6 heteroatoms. The Morgan fingerprint density at radius 3 is 2.60 bits per heavy atom. The third-order valence-electron chi connectivity index (χ3n) is 3.79. The molecular formula is C14H20N2O3S. The topological polar surface area (TPSA) is 89.3 Å². The molecule has 0 heterocycles. The van der Waals surface area contributed by atoms with Gasteiger partial charge in [0.1, 0.15) is 0 Å². The zero-order valence-corrected chi connectivity index (χ0v) is 12.4. The molecule has 0 aromatic heterocycles. The van der Waals surface area contributed by atoms with Crippen LogP contribution in [0.4, 0.5) is 0 Å². The van der Waals surface area contributed by atoms with E-state index in [4.69, 9.17) is 5.14 Å². The van der Waals surface area contributed by atoms with Crippen LogP contribution in [0.15, 0.2) is 23.1 Å². The standard InChI is InChI=1S/C14H20N2O3S/c1-2-11-6-7-12(8-13(11)20(15,18)19)14(17)16-9-10-4-3-5-10/h6-8,10H,2-5,9H2,1H3,(H,16,17)(H2,15,18,19). The maximum atomic E-state index is 12.0. The van der Waals surface area contributed by atoms with Crippen molar-refractivity contribution >= 4 is 15.9 Å². The molecule has 0 unspecified atom stereocenters. The molecule has 1 aliphatic rings. The second-order valence-electron chi connectivity index (χ2n) is 5.23. The lowest BCUT2D eigenvalue weighted by Gasteiger charge is -2.25. The molecule has 1 fully saturated rings. The molecule has 3 N–H and O–H groups in total. The van der Waals surface area contributed by atoms with Crippen LogP contribution in [-0.2, 0) is 16.4 Å². The minimum atomic E-state index is -3.81. The third-order valence-corrected chi connectivity index (χ3v) is 4.79. The first-order valence-electron chi connectivity index (χ1n) is 6.85. The molecule has 1 aromatic rings. The highest BCUT2D eigenvalue weighted by Crippen LogP contribution is 2.25. The summed E-state index contributed by atoms with van der Waals surface area (Å²) in [4.78, 5) is 12.1. The van der Waals surface area contributed by atoms with Crippen molar-refractivity contribution in [1.29, 1.82) is 0 Å². The minimum Gasteiger partial charge on any atom is -0.352 e. The summed E-state index contributed by atoms with van der Waals surface area (Å²) in [5, 5.41) is 8.04. The molecule has 0 atom stereocenters. The number of amides is 1. The van der Waals surface area contributed by atoms with E-state index in [-0.39, 0.29) is 10.8 Å². The first kappa shape index (κ1) is 15.0. The molecule has 0 aliphatic heterocycles. The van der Waals surface area contributed by atoms with E-state index in [2.05, 4.69) is 5.32 Å². The molecule has 1 amide bonds. The van der Waals surface area contributed by atoms with Crippen LogP contribution in [0.5, 0.6) is 0 Å². The highest BCUT2D eigenvalue weighted by atomic mass is 32.2. The van der Waals surface area contributed by atoms with Gasteiger partial charge in [-0.05, 0) is 42.9 Å². The molecule has 1 aliphatic carbocycles. The summed E-state index contributed by atoms with van der Waals surface area (Å²) in [6.45, 7) is 2.50. The number of primary sulfonamides is 1. The van der Waals surface area contributed by atoms with Crippen molar-refractivity contribution in [3.05, 3.63) is 29.3 Å². The molecule has 0 saturated heterocycles. The minimum absolute atomic E-state index is 0.0382. The summed E-state index contributed by atoms with van der Waals surface area (Å²) in [5.41, 5.74) is 0.966. The van der Waals surface area contributed by atoms with Crippen LogP contribution in [0.2, 0.25) is 0 Å². The monoisotopic (exact) mass is 296 g/mol. The number of nitrogens with two attached hydrogens (primary N) is 1. The van der Waals surface area contributed by atoms with E-state index in [1.807, 2.05) is 6.92 Å². The van der Waals surface area contributed by atoms with E-state index in [1.54, 1.807) is 12.1 Å². The molecule has 0 radical (unpaired) electrons. The van der Waals surface area contributed by atoms with E-state index in [1.165, 1.54) is 12.5 Å². The van der Waals surface area contributed by atoms with Crippen molar-refractivity contribution in [1.82, 2.24) is 5.32 Å². The summed E-state index contributed by atoms with van der Waals surface area (Å²) in [6, 6.07) is 4.66. The van der Waals surface area contributed by atoms with E-state index in [0.29, 0.717) is 30.0 Å². The maximum Gasteiger partial charge on any atom is 0.251 e. The number of nitrogens with one attached hydrogen (secondary N) is 1. The molecule has 1 saturated carbocycles. The van der Waals surface area contributed by atoms with Crippen molar-refractivity contribution in [2.75, 3.05) is 6.54 Å². The molecule has 5 nitrogen and oxygen atoms in total. The van der Waals surface area contributed by atoms with Gasteiger partial charge in [-0.2, -0.15) is 0 Å². The summed E-state index contributed by atoms with van der Waals surface area (Å²) >= 11 is 0. The highest BCUT2D eigenvalue weighted by molar-refractivity contribution is 7.89. The van der Waals surface area contributed by atoms with Crippen LogP contribution in [-0.4, -0.2) is 20.9 Å². The quantitative estimate of drug-likeness (QED) is 0.861. The maximum absolute atomic E-state index is 12.0.